The Morgan fingerprint density at radius 2 is 0.456 bits per heavy atom. The lowest BCUT2D eigenvalue weighted by Crippen LogP contribution is -2.30. The molecule has 0 rings (SSSR count). The molecule has 0 bridgehead atoms. The maximum Gasteiger partial charge on any atom is 0.306 e. The van der Waals surface area contributed by atoms with Gasteiger partial charge in [-0.15, -0.1) is 0 Å². The second-order valence-corrected chi connectivity index (χ2v) is 22.7. The van der Waals surface area contributed by atoms with E-state index in [1.54, 1.807) is 0 Å². The second-order valence-electron chi connectivity index (χ2n) is 22.7. The zero-order valence-corrected chi connectivity index (χ0v) is 52.4. The quantitative estimate of drug-likeness (QED) is 0.0261. The number of rotatable bonds is 62. The number of esters is 3. The molecule has 0 aliphatic carbocycles. The molecular weight excluding hydrogens is 973 g/mol. The van der Waals surface area contributed by atoms with Crippen LogP contribution in [0, 0.1) is 0 Å². The van der Waals surface area contributed by atoms with Gasteiger partial charge in [-0.1, -0.05) is 286 Å². The average Bonchev–Trinajstić information content (AvgIpc) is 3.45. The normalized spacial score (nSPS) is 12.6. The molecule has 0 heterocycles. The van der Waals surface area contributed by atoms with Crippen molar-refractivity contribution < 1.29 is 28.6 Å². The summed E-state index contributed by atoms with van der Waals surface area (Å²) in [6.45, 7) is 6.63. The van der Waals surface area contributed by atoms with Crippen LogP contribution in [-0.4, -0.2) is 37.2 Å². The molecule has 0 aliphatic rings. The number of carbonyl (C=O) groups excluding carboxylic acids is 3. The van der Waals surface area contributed by atoms with E-state index in [9.17, 15) is 14.4 Å². The molecule has 0 saturated heterocycles. The molecular formula is C73H128O6. The van der Waals surface area contributed by atoms with Crippen LogP contribution in [0.4, 0.5) is 0 Å². The molecule has 0 aromatic heterocycles. The first-order valence-electron chi connectivity index (χ1n) is 34.1. The maximum atomic E-state index is 12.9. The highest BCUT2D eigenvalue weighted by atomic mass is 16.6. The second kappa shape index (κ2) is 67.1. The van der Waals surface area contributed by atoms with Gasteiger partial charge in [-0.05, 0) is 122 Å². The highest BCUT2D eigenvalue weighted by Gasteiger charge is 2.19. The predicted molar refractivity (Wildman–Crippen MR) is 344 cm³/mol. The van der Waals surface area contributed by atoms with E-state index in [-0.39, 0.29) is 31.1 Å². The first-order chi connectivity index (χ1) is 39.0. The number of carbonyl (C=O) groups is 3. The minimum atomic E-state index is -0.791. The highest BCUT2D eigenvalue weighted by molar-refractivity contribution is 5.71. The third-order valence-corrected chi connectivity index (χ3v) is 14.8. The maximum absolute atomic E-state index is 12.9. The molecule has 0 saturated carbocycles. The van der Waals surface area contributed by atoms with E-state index in [0.717, 1.165) is 103 Å². The molecule has 0 spiro atoms. The van der Waals surface area contributed by atoms with E-state index >= 15 is 0 Å². The Hall–Kier alpha value is -3.41. The van der Waals surface area contributed by atoms with Crippen LogP contribution in [-0.2, 0) is 28.6 Å². The summed E-state index contributed by atoms with van der Waals surface area (Å²) in [6, 6.07) is 0. The van der Waals surface area contributed by atoms with E-state index in [0.29, 0.717) is 19.3 Å². The number of ether oxygens (including phenoxy) is 3. The lowest BCUT2D eigenvalue weighted by atomic mass is 10.1. The molecule has 0 aromatic rings. The third kappa shape index (κ3) is 65.3. The van der Waals surface area contributed by atoms with Gasteiger partial charge in [0.05, 0.1) is 0 Å². The molecule has 0 fully saturated rings. The SMILES string of the molecule is CCCCCCC/C=C\C/C=C\C/C=C\CCCCCCCCCCC(=O)OCC(COC(=O)CCCCCCCCC/C=C\CCCCCCCC)OC(=O)CCCCCCCC/C=C\C/C=C\C/C=C\CCCCCCC. The molecule has 1 unspecified atom stereocenters. The predicted octanol–water partition coefficient (Wildman–Crippen LogP) is 23.4. The van der Waals surface area contributed by atoms with Gasteiger partial charge in [-0.2, -0.15) is 0 Å². The van der Waals surface area contributed by atoms with Gasteiger partial charge in [-0.25, -0.2) is 0 Å². The van der Waals surface area contributed by atoms with Crippen LogP contribution in [0.3, 0.4) is 0 Å². The molecule has 6 heteroatoms. The number of hydrogen-bond acceptors (Lipinski definition) is 6. The summed E-state index contributed by atoms with van der Waals surface area (Å²) in [4.78, 5) is 38.4. The molecule has 1 atom stereocenters. The van der Waals surface area contributed by atoms with E-state index in [1.807, 2.05) is 0 Å². The fourth-order valence-corrected chi connectivity index (χ4v) is 9.69. The Bertz CT molecular complexity index is 1500. The largest absolute Gasteiger partial charge is 0.462 e. The molecule has 456 valence electrons. The van der Waals surface area contributed by atoms with Gasteiger partial charge in [0.1, 0.15) is 13.2 Å². The van der Waals surface area contributed by atoms with Crippen molar-refractivity contribution in [2.24, 2.45) is 0 Å². The van der Waals surface area contributed by atoms with Crippen molar-refractivity contribution in [1.82, 2.24) is 0 Å². The van der Waals surface area contributed by atoms with Crippen LogP contribution in [0.2, 0.25) is 0 Å². The van der Waals surface area contributed by atoms with Crippen molar-refractivity contribution in [3.63, 3.8) is 0 Å². The van der Waals surface area contributed by atoms with Gasteiger partial charge in [-0.3, -0.25) is 14.4 Å². The van der Waals surface area contributed by atoms with Crippen molar-refractivity contribution in [3.8, 4) is 0 Å². The summed E-state index contributed by atoms with van der Waals surface area (Å²) in [6.07, 6.45) is 88.7. The topological polar surface area (TPSA) is 78.9 Å². The van der Waals surface area contributed by atoms with Crippen LogP contribution in [0.15, 0.2) is 85.1 Å². The monoisotopic (exact) mass is 1100 g/mol. The molecule has 0 aromatic carbocycles. The number of unbranched alkanes of at least 4 members (excludes halogenated alkanes) is 37. The Labute approximate surface area is 490 Å². The van der Waals surface area contributed by atoms with Crippen LogP contribution in [0.25, 0.3) is 0 Å². The Morgan fingerprint density at radius 1 is 0.253 bits per heavy atom. The van der Waals surface area contributed by atoms with Crippen molar-refractivity contribution in [3.05, 3.63) is 85.1 Å². The molecule has 0 amide bonds. The zero-order valence-electron chi connectivity index (χ0n) is 52.4. The summed E-state index contributed by atoms with van der Waals surface area (Å²) < 4.78 is 17.0. The van der Waals surface area contributed by atoms with Crippen LogP contribution in [0.5, 0.6) is 0 Å². The first kappa shape index (κ1) is 75.6. The van der Waals surface area contributed by atoms with Gasteiger partial charge < -0.3 is 14.2 Å². The van der Waals surface area contributed by atoms with E-state index < -0.39 is 6.10 Å². The van der Waals surface area contributed by atoms with Crippen LogP contribution < -0.4 is 0 Å². The minimum absolute atomic E-state index is 0.0856. The van der Waals surface area contributed by atoms with Gasteiger partial charge >= 0.3 is 17.9 Å². The van der Waals surface area contributed by atoms with Gasteiger partial charge in [0.15, 0.2) is 6.10 Å². The van der Waals surface area contributed by atoms with Gasteiger partial charge in [0.25, 0.3) is 0 Å². The highest BCUT2D eigenvalue weighted by Crippen LogP contribution is 2.16. The smallest absolute Gasteiger partial charge is 0.306 e. The molecule has 0 aliphatic heterocycles. The van der Waals surface area contributed by atoms with Crippen molar-refractivity contribution in [2.75, 3.05) is 13.2 Å². The number of hydrogen-bond donors (Lipinski definition) is 0. The Morgan fingerprint density at radius 3 is 0.722 bits per heavy atom. The van der Waals surface area contributed by atoms with E-state index in [1.165, 1.54) is 199 Å². The number of allylic oxidation sites excluding steroid dienone is 14. The molecule has 0 N–H and O–H groups in total. The lowest BCUT2D eigenvalue weighted by molar-refractivity contribution is -0.167. The van der Waals surface area contributed by atoms with Crippen LogP contribution >= 0.6 is 0 Å². The summed E-state index contributed by atoms with van der Waals surface area (Å²) in [5.41, 5.74) is 0. The standard InChI is InChI=1S/C73H128O6/c1-4-7-10-13-16-19-22-25-28-31-33-35-36-38-39-42-45-48-51-54-57-60-63-66-72(75)78-69-70(68-77-71(74)65-62-59-56-53-50-47-44-41-30-27-24-21-18-15-12-9-6-3)79-73(76)67-64-61-58-55-52-49-46-43-40-37-34-32-29-26-23-20-17-14-11-8-5-2/h22-23,25-27,30-34,36,38,40,43,70H,4-21,24,28-29,35,37,39,41-42,44-69H2,1-3H3/b25-22-,26-23-,30-27-,33-31-,34-32-,38-36-,43-40-. The van der Waals surface area contributed by atoms with Crippen molar-refractivity contribution in [1.29, 1.82) is 0 Å². The summed E-state index contributed by atoms with van der Waals surface area (Å²) in [5.74, 6) is -0.895. The third-order valence-electron chi connectivity index (χ3n) is 14.8. The Balaban J connectivity index is 4.41. The van der Waals surface area contributed by atoms with Gasteiger partial charge in [0.2, 0.25) is 0 Å². The lowest BCUT2D eigenvalue weighted by Gasteiger charge is -2.18. The summed E-state index contributed by atoms with van der Waals surface area (Å²) in [7, 11) is 0. The fraction of sp³-hybridized carbons (Fsp3) is 0.767. The van der Waals surface area contributed by atoms with Crippen molar-refractivity contribution in [2.45, 2.75) is 348 Å². The molecule has 6 nitrogen and oxygen atoms in total. The average molecular weight is 1100 g/mol. The summed E-state index contributed by atoms with van der Waals surface area (Å²) >= 11 is 0. The first-order valence-corrected chi connectivity index (χ1v) is 34.1. The fourth-order valence-electron chi connectivity index (χ4n) is 9.69. The van der Waals surface area contributed by atoms with E-state index in [4.69, 9.17) is 14.2 Å². The molecule has 0 radical (unpaired) electrons. The minimum Gasteiger partial charge on any atom is -0.462 e. The van der Waals surface area contributed by atoms with Gasteiger partial charge in [0, 0.05) is 19.3 Å². The molecule has 79 heavy (non-hydrogen) atoms. The van der Waals surface area contributed by atoms with Crippen molar-refractivity contribution >= 4 is 17.9 Å². The van der Waals surface area contributed by atoms with Crippen LogP contribution in [0.1, 0.15) is 342 Å². The van der Waals surface area contributed by atoms with E-state index in [2.05, 4.69) is 106 Å². The Kier molecular flexibility index (Phi) is 64.2. The zero-order chi connectivity index (χ0) is 57.1. The summed E-state index contributed by atoms with van der Waals surface area (Å²) in [5, 5.41) is 0.